The van der Waals surface area contributed by atoms with Gasteiger partial charge in [0, 0.05) is 38.4 Å². The summed E-state index contributed by atoms with van der Waals surface area (Å²) in [6.45, 7) is 2.76. The Labute approximate surface area is 164 Å². The summed E-state index contributed by atoms with van der Waals surface area (Å²) in [5.41, 5.74) is 1.50. The summed E-state index contributed by atoms with van der Waals surface area (Å²) in [7, 11) is 0. The number of hydrogen-bond acceptors (Lipinski definition) is 5. The van der Waals surface area contributed by atoms with E-state index in [1.807, 2.05) is 4.90 Å². The van der Waals surface area contributed by atoms with Crippen LogP contribution in [0.4, 0.5) is 18.9 Å². The summed E-state index contributed by atoms with van der Waals surface area (Å²) in [6, 6.07) is 10.4. The molecule has 9 heteroatoms. The van der Waals surface area contributed by atoms with Gasteiger partial charge in [-0.1, -0.05) is 12.1 Å². The third-order valence-electron chi connectivity index (χ3n) is 5.17. The van der Waals surface area contributed by atoms with Crippen molar-refractivity contribution in [2.75, 3.05) is 37.6 Å². The molecule has 0 aliphatic carbocycles. The predicted octanol–water partition coefficient (Wildman–Crippen LogP) is 3.00. The maximum absolute atomic E-state index is 12.9. The SMILES string of the molecule is O=c1[nH]c2ccc([C@@H](O)CN3CCN(c4cccc(C(F)(F)F)c4)CC3)cc2o1. The number of H-pyrrole nitrogens is 1. The van der Waals surface area contributed by atoms with Gasteiger partial charge in [0.2, 0.25) is 0 Å². The fourth-order valence-corrected chi connectivity index (χ4v) is 3.59. The normalized spacial score (nSPS) is 17.0. The number of fused-ring (bicyclic) bond motifs is 1. The molecule has 4 rings (SSSR count). The molecular weight excluding hydrogens is 387 g/mol. The summed E-state index contributed by atoms with van der Waals surface area (Å²) >= 11 is 0. The average molecular weight is 407 g/mol. The molecule has 1 aliphatic heterocycles. The number of aliphatic hydroxyl groups is 1. The Morgan fingerprint density at radius 3 is 2.59 bits per heavy atom. The first-order valence-electron chi connectivity index (χ1n) is 9.25. The van der Waals surface area contributed by atoms with E-state index >= 15 is 0 Å². The van der Waals surface area contributed by atoms with E-state index in [-0.39, 0.29) is 0 Å². The number of rotatable bonds is 4. The van der Waals surface area contributed by atoms with Crippen molar-refractivity contribution in [2.24, 2.45) is 0 Å². The monoisotopic (exact) mass is 407 g/mol. The Hall–Kier alpha value is -2.78. The van der Waals surface area contributed by atoms with Crippen LogP contribution < -0.4 is 10.7 Å². The van der Waals surface area contributed by atoms with Gasteiger partial charge in [-0.05, 0) is 35.9 Å². The van der Waals surface area contributed by atoms with E-state index in [0.29, 0.717) is 55.1 Å². The Morgan fingerprint density at radius 1 is 1.10 bits per heavy atom. The van der Waals surface area contributed by atoms with Crippen LogP contribution in [0.25, 0.3) is 11.1 Å². The fraction of sp³-hybridized carbons (Fsp3) is 0.350. The van der Waals surface area contributed by atoms with Crippen molar-refractivity contribution >= 4 is 16.8 Å². The Morgan fingerprint density at radius 2 is 1.86 bits per heavy atom. The molecule has 2 aromatic carbocycles. The second-order valence-corrected chi connectivity index (χ2v) is 7.12. The third kappa shape index (κ3) is 4.30. The van der Waals surface area contributed by atoms with Gasteiger partial charge in [0.25, 0.3) is 0 Å². The number of hydrogen-bond donors (Lipinski definition) is 2. The number of aromatic nitrogens is 1. The highest BCUT2D eigenvalue weighted by Gasteiger charge is 2.31. The van der Waals surface area contributed by atoms with Crippen LogP contribution in [0.2, 0.25) is 0 Å². The maximum Gasteiger partial charge on any atom is 0.417 e. The zero-order valence-electron chi connectivity index (χ0n) is 15.4. The molecule has 1 aliphatic rings. The second kappa shape index (κ2) is 7.57. The zero-order chi connectivity index (χ0) is 20.6. The van der Waals surface area contributed by atoms with Crippen LogP contribution in [-0.2, 0) is 6.18 Å². The van der Waals surface area contributed by atoms with E-state index in [4.69, 9.17) is 4.42 Å². The van der Waals surface area contributed by atoms with Crippen molar-refractivity contribution < 1.29 is 22.7 Å². The highest BCUT2D eigenvalue weighted by atomic mass is 19.4. The van der Waals surface area contributed by atoms with Crippen LogP contribution in [0.3, 0.4) is 0 Å². The molecule has 0 radical (unpaired) electrons. The fourth-order valence-electron chi connectivity index (χ4n) is 3.59. The molecule has 2 N–H and O–H groups in total. The van der Waals surface area contributed by atoms with Crippen LogP contribution in [0, 0.1) is 0 Å². The van der Waals surface area contributed by atoms with Crippen molar-refractivity contribution in [3.8, 4) is 0 Å². The van der Waals surface area contributed by atoms with Crippen LogP contribution in [-0.4, -0.2) is 47.7 Å². The number of oxazole rings is 1. The lowest BCUT2D eigenvalue weighted by atomic mass is 10.1. The van der Waals surface area contributed by atoms with Crippen molar-refractivity contribution in [3.05, 3.63) is 64.1 Å². The summed E-state index contributed by atoms with van der Waals surface area (Å²) < 4.78 is 43.8. The van der Waals surface area contributed by atoms with Crippen molar-refractivity contribution in [1.29, 1.82) is 0 Å². The Balaban J connectivity index is 1.37. The van der Waals surface area contributed by atoms with Crippen molar-refractivity contribution in [2.45, 2.75) is 12.3 Å². The average Bonchev–Trinajstić information content (AvgIpc) is 3.07. The molecule has 3 aromatic rings. The summed E-state index contributed by atoms with van der Waals surface area (Å²) in [4.78, 5) is 17.8. The molecule has 154 valence electrons. The van der Waals surface area contributed by atoms with E-state index in [1.54, 1.807) is 24.3 Å². The number of nitrogens with zero attached hydrogens (tertiary/aromatic N) is 2. The highest BCUT2D eigenvalue weighted by Crippen LogP contribution is 2.32. The lowest BCUT2D eigenvalue weighted by Crippen LogP contribution is -2.47. The minimum atomic E-state index is -4.36. The van der Waals surface area contributed by atoms with Crippen LogP contribution in [0.5, 0.6) is 0 Å². The van der Waals surface area contributed by atoms with Crippen LogP contribution in [0.1, 0.15) is 17.2 Å². The molecule has 2 heterocycles. The first-order valence-corrected chi connectivity index (χ1v) is 9.25. The predicted molar refractivity (Wildman–Crippen MR) is 102 cm³/mol. The quantitative estimate of drug-likeness (QED) is 0.696. The molecule has 0 amide bonds. The molecule has 0 spiro atoms. The first-order chi connectivity index (χ1) is 13.8. The number of aliphatic hydroxyl groups excluding tert-OH is 1. The first kappa shape index (κ1) is 19.5. The molecule has 6 nitrogen and oxygen atoms in total. The molecule has 0 saturated carbocycles. The number of halogens is 3. The number of anilines is 1. The number of alkyl halides is 3. The van der Waals surface area contributed by atoms with Gasteiger partial charge in [-0.25, -0.2) is 4.79 Å². The number of nitrogens with one attached hydrogen (secondary N) is 1. The van der Waals surface area contributed by atoms with Gasteiger partial charge in [-0.2, -0.15) is 13.2 Å². The Kier molecular flexibility index (Phi) is 5.10. The number of β-amino-alcohol motifs (C(OH)–C–C–N with tert-alkyl or cyclic N) is 1. The van der Waals surface area contributed by atoms with E-state index in [1.165, 1.54) is 12.1 Å². The minimum absolute atomic E-state index is 0.386. The molecule has 29 heavy (non-hydrogen) atoms. The van der Waals surface area contributed by atoms with Gasteiger partial charge in [0.05, 0.1) is 17.2 Å². The molecule has 0 bridgehead atoms. The van der Waals surface area contributed by atoms with Gasteiger partial charge in [-0.15, -0.1) is 0 Å². The van der Waals surface area contributed by atoms with Crippen molar-refractivity contribution in [3.63, 3.8) is 0 Å². The van der Waals surface area contributed by atoms with Gasteiger partial charge in [0.1, 0.15) is 0 Å². The lowest BCUT2D eigenvalue weighted by molar-refractivity contribution is -0.137. The number of aromatic amines is 1. The van der Waals surface area contributed by atoms with E-state index in [0.717, 1.165) is 6.07 Å². The van der Waals surface area contributed by atoms with Gasteiger partial charge in [-0.3, -0.25) is 9.88 Å². The number of piperazine rings is 1. The lowest BCUT2D eigenvalue weighted by Gasteiger charge is -2.37. The highest BCUT2D eigenvalue weighted by molar-refractivity contribution is 5.72. The molecule has 1 aromatic heterocycles. The summed E-state index contributed by atoms with van der Waals surface area (Å²) in [5, 5.41) is 10.5. The Bertz CT molecular complexity index is 1050. The topological polar surface area (TPSA) is 72.7 Å². The standard InChI is InChI=1S/C20H20F3N3O3/c21-20(22,23)14-2-1-3-15(11-14)26-8-6-25(7-9-26)12-17(27)13-4-5-16-18(10-13)29-19(28)24-16/h1-5,10-11,17,27H,6-9,12H2,(H,24,28)/t17-/m0/s1. The zero-order valence-corrected chi connectivity index (χ0v) is 15.4. The van der Waals surface area contributed by atoms with E-state index in [2.05, 4.69) is 9.88 Å². The maximum atomic E-state index is 12.9. The van der Waals surface area contributed by atoms with Crippen molar-refractivity contribution in [1.82, 2.24) is 9.88 Å². The van der Waals surface area contributed by atoms with Gasteiger partial charge < -0.3 is 14.4 Å². The van der Waals surface area contributed by atoms with E-state index in [9.17, 15) is 23.1 Å². The van der Waals surface area contributed by atoms with Gasteiger partial charge in [0.15, 0.2) is 5.58 Å². The van der Waals surface area contributed by atoms with Gasteiger partial charge >= 0.3 is 11.9 Å². The minimum Gasteiger partial charge on any atom is -0.408 e. The van der Waals surface area contributed by atoms with Crippen LogP contribution in [0.15, 0.2) is 51.7 Å². The summed E-state index contributed by atoms with van der Waals surface area (Å²) in [5.74, 6) is -0.544. The largest absolute Gasteiger partial charge is 0.417 e. The smallest absolute Gasteiger partial charge is 0.408 e. The number of benzene rings is 2. The summed E-state index contributed by atoms with van der Waals surface area (Å²) in [6.07, 6.45) is -5.12. The van der Waals surface area contributed by atoms with E-state index < -0.39 is 23.6 Å². The molecule has 1 fully saturated rings. The molecule has 1 atom stereocenters. The van der Waals surface area contributed by atoms with Crippen LogP contribution >= 0.6 is 0 Å². The third-order valence-corrected chi connectivity index (χ3v) is 5.17. The molecule has 0 unspecified atom stereocenters. The molecule has 1 saturated heterocycles. The molecular formula is C20H20F3N3O3. The second-order valence-electron chi connectivity index (χ2n) is 7.12.